The highest BCUT2D eigenvalue weighted by atomic mass is 35.7. The lowest BCUT2D eigenvalue weighted by Crippen LogP contribution is -2.00. The first-order chi connectivity index (χ1) is 6.91. The molecule has 0 spiro atoms. The van der Waals surface area contributed by atoms with Crippen molar-refractivity contribution in [2.24, 2.45) is 0 Å². The molecule has 4 nitrogen and oxygen atoms in total. The number of fused-ring (bicyclic) bond motifs is 1. The Morgan fingerprint density at radius 3 is 2.73 bits per heavy atom. The Kier molecular flexibility index (Phi) is 2.52. The van der Waals surface area contributed by atoms with E-state index in [2.05, 4.69) is 4.98 Å². The van der Waals surface area contributed by atoms with Crippen molar-refractivity contribution in [3.63, 3.8) is 0 Å². The van der Waals surface area contributed by atoms with E-state index in [0.29, 0.717) is 4.96 Å². The van der Waals surface area contributed by atoms with E-state index < -0.39 is 9.05 Å². The summed E-state index contributed by atoms with van der Waals surface area (Å²) in [5.41, 5.74) is 0.909. The van der Waals surface area contributed by atoms with Crippen LogP contribution in [-0.2, 0) is 9.05 Å². The number of nitrogens with zero attached hydrogens (tertiary/aromatic N) is 2. The summed E-state index contributed by atoms with van der Waals surface area (Å²) < 4.78 is 24.2. The smallest absolute Gasteiger partial charge is 0.277 e. The first-order valence-corrected chi connectivity index (χ1v) is 7.49. The van der Waals surface area contributed by atoms with Gasteiger partial charge in [0.15, 0.2) is 9.99 Å². The molecule has 0 aliphatic heterocycles. The van der Waals surface area contributed by atoms with Crippen molar-refractivity contribution < 1.29 is 8.42 Å². The Balaban J connectivity index is 2.82. The van der Waals surface area contributed by atoms with Gasteiger partial charge in [-0.15, -0.1) is 11.3 Å². The standard InChI is InChI=1S/C8H9ClN2O2S2/c1-5(2)6-4-14-8-10-3-7(11(6)8)15(9,12)13/h3-5H,1-2H3. The summed E-state index contributed by atoms with van der Waals surface area (Å²) in [4.78, 5) is 4.66. The molecule has 2 aromatic heterocycles. The fourth-order valence-electron chi connectivity index (χ4n) is 1.37. The fraction of sp³-hybridized carbons (Fsp3) is 0.375. The van der Waals surface area contributed by atoms with E-state index in [4.69, 9.17) is 10.7 Å². The van der Waals surface area contributed by atoms with Crippen molar-refractivity contribution >= 4 is 36.0 Å². The number of thiazole rings is 1. The van der Waals surface area contributed by atoms with Gasteiger partial charge in [-0.3, -0.25) is 4.40 Å². The van der Waals surface area contributed by atoms with Gasteiger partial charge in [0, 0.05) is 21.8 Å². The molecule has 0 aliphatic carbocycles. The first-order valence-electron chi connectivity index (χ1n) is 4.30. The van der Waals surface area contributed by atoms with E-state index in [-0.39, 0.29) is 10.9 Å². The van der Waals surface area contributed by atoms with Crippen molar-refractivity contribution in [2.45, 2.75) is 24.8 Å². The second-order valence-corrected chi connectivity index (χ2v) is 6.82. The van der Waals surface area contributed by atoms with Gasteiger partial charge in [-0.1, -0.05) is 13.8 Å². The Morgan fingerprint density at radius 1 is 1.53 bits per heavy atom. The summed E-state index contributed by atoms with van der Waals surface area (Å²) in [5.74, 6) is 0.227. The number of rotatable bonds is 2. The molecular weight excluding hydrogens is 256 g/mol. The van der Waals surface area contributed by atoms with Crippen LogP contribution >= 0.6 is 22.0 Å². The molecule has 0 aliphatic rings. The molecule has 0 amide bonds. The predicted octanol–water partition coefficient (Wildman–Crippen LogP) is 2.45. The van der Waals surface area contributed by atoms with Gasteiger partial charge in [-0.2, -0.15) is 0 Å². The van der Waals surface area contributed by atoms with Crippen molar-refractivity contribution in [1.29, 1.82) is 0 Å². The monoisotopic (exact) mass is 264 g/mol. The molecule has 0 radical (unpaired) electrons. The minimum Gasteiger partial charge on any atom is -0.277 e. The van der Waals surface area contributed by atoms with Crippen LogP contribution in [0.4, 0.5) is 0 Å². The summed E-state index contributed by atoms with van der Waals surface area (Å²) in [7, 11) is 1.60. The van der Waals surface area contributed by atoms with Crippen LogP contribution in [0.15, 0.2) is 16.6 Å². The van der Waals surface area contributed by atoms with Crippen molar-refractivity contribution in [3.05, 3.63) is 17.3 Å². The highest BCUT2D eigenvalue weighted by Crippen LogP contribution is 2.27. The predicted molar refractivity (Wildman–Crippen MR) is 60.2 cm³/mol. The largest absolute Gasteiger partial charge is 0.278 e. The highest BCUT2D eigenvalue weighted by molar-refractivity contribution is 8.13. The molecular formula is C8H9ClN2O2S2. The van der Waals surface area contributed by atoms with Gasteiger partial charge < -0.3 is 0 Å². The summed E-state index contributed by atoms with van der Waals surface area (Å²) >= 11 is 1.41. The third-order valence-corrected chi connectivity index (χ3v) is 4.20. The lowest BCUT2D eigenvalue weighted by atomic mass is 10.2. The minimum atomic E-state index is -3.73. The van der Waals surface area contributed by atoms with Crippen LogP contribution in [0.5, 0.6) is 0 Å². The second kappa shape index (κ2) is 3.47. The molecule has 2 rings (SSSR count). The van der Waals surface area contributed by atoms with E-state index in [1.54, 1.807) is 4.40 Å². The van der Waals surface area contributed by atoms with Gasteiger partial charge in [-0.05, 0) is 5.92 Å². The molecule has 15 heavy (non-hydrogen) atoms. The molecule has 7 heteroatoms. The van der Waals surface area contributed by atoms with Gasteiger partial charge in [0.25, 0.3) is 9.05 Å². The molecule has 0 fully saturated rings. The highest BCUT2D eigenvalue weighted by Gasteiger charge is 2.20. The van der Waals surface area contributed by atoms with E-state index in [0.717, 1.165) is 5.69 Å². The summed E-state index contributed by atoms with van der Waals surface area (Å²) in [5, 5.41) is 1.95. The Hall–Kier alpha value is -0.590. The average Bonchev–Trinajstić information content (AvgIpc) is 2.57. The molecule has 0 atom stereocenters. The molecule has 0 saturated heterocycles. The van der Waals surface area contributed by atoms with E-state index >= 15 is 0 Å². The third kappa shape index (κ3) is 1.77. The topological polar surface area (TPSA) is 51.4 Å². The summed E-state index contributed by atoms with van der Waals surface area (Å²) in [6, 6.07) is 0. The first kappa shape index (κ1) is 10.9. The molecule has 82 valence electrons. The quantitative estimate of drug-likeness (QED) is 0.783. The Bertz CT molecular complexity index is 597. The maximum absolute atomic E-state index is 11.3. The zero-order valence-electron chi connectivity index (χ0n) is 8.14. The van der Waals surface area contributed by atoms with Crippen LogP contribution in [0.25, 0.3) is 4.96 Å². The zero-order chi connectivity index (χ0) is 11.2. The maximum Gasteiger partial charge on any atom is 0.278 e. The average molecular weight is 265 g/mol. The molecule has 0 saturated carbocycles. The van der Waals surface area contributed by atoms with Gasteiger partial charge in [0.05, 0.1) is 6.20 Å². The third-order valence-electron chi connectivity index (χ3n) is 2.08. The lowest BCUT2D eigenvalue weighted by Gasteiger charge is -2.04. The number of hydrogen-bond acceptors (Lipinski definition) is 4. The van der Waals surface area contributed by atoms with Crippen LogP contribution in [0, 0.1) is 0 Å². The maximum atomic E-state index is 11.3. The van der Waals surface area contributed by atoms with E-state index in [1.165, 1.54) is 17.5 Å². The van der Waals surface area contributed by atoms with Crippen molar-refractivity contribution in [2.75, 3.05) is 0 Å². The van der Waals surface area contributed by atoms with Crippen LogP contribution < -0.4 is 0 Å². The number of hydrogen-bond donors (Lipinski definition) is 0. The van der Waals surface area contributed by atoms with Crippen LogP contribution in [0.3, 0.4) is 0 Å². The van der Waals surface area contributed by atoms with Crippen molar-refractivity contribution in [3.8, 4) is 0 Å². The molecule has 0 bridgehead atoms. The molecule has 0 N–H and O–H groups in total. The van der Waals surface area contributed by atoms with E-state index in [9.17, 15) is 8.42 Å². The van der Waals surface area contributed by atoms with Gasteiger partial charge in [0.1, 0.15) is 0 Å². The number of halogens is 1. The molecule has 0 unspecified atom stereocenters. The minimum absolute atomic E-state index is 0.0455. The van der Waals surface area contributed by atoms with Crippen molar-refractivity contribution in [1.82, 2.24) is 9.38 Å². The Labute approximate surface area is 95.9 Å². The van der Waals surface area contributed by atoms with Gasteiger partial charge in [0.2, 0.25) is 0 Å². The van der Waals surface area contributed by atoms with Gasteiger partial charge >= 0.3 is 0 Å². The number of imidazole rings is 1. The van der Waals surface area contributed by atoms with Crippen LogP contribution in [0.1, 0.15) is 25.5 Å². The summed E-state index contributed by atoms with van der Waals surface area (Å²) in [6.45, 7) is 3.98. The van der Waals surface area contributed by atoms with E-state index in [1.807, 2.05) is 19.2 Å². The number of aromatic nitrogens is 2. The zero-order valence-corrected chi connectivity index (χ0v) is 10.5. The normalized spacial score (nSPS) is 12.8. The summed E-state index contributed by atoms with van der Waals surface area (Å²) in [6.07, 6.45) is 1.29. The molecule has 2 aromatic rings. The lowest BCUT2D eigenvalue weighted by molar-refractivity contribution is 0.603. The van der Waals surface area contributed by atoms with Crippen LogP contribution in [-0.4, -0.2) is 17.8 Å². The molecule has 2 heterocycles. The van der Waals surface area contributed by atoms with Gasteiger partial charge in [-0.25, -0.2) is 13.4 Å². The molecule has 0 aromatic carbocycles. The Morgan fingerprint density at radius 2 is 2.20 bits per heavy atom. The fourth-order valence-corrected chi connectivity index (χ4v) is 3.37. The van der Waals surface area contributed by atoms with Crippen LogP contribution in [0.2, 0.25) is 0 Å². The second-order valence-electron chi connectivity index (χ2n) is 3.47. The SMILES string of the molecule is CC(C)c1csc2ncc(S(=O)(=O)Cl)n12.